The lowest BCUT2D eigenvalue weighted by Crippen LogP contribution is -2.11. The van der Waals surface area contributed by atoms with Crippen molar-refractivity contribution >= 4 is 77.1 Å². The highest BCUT2D eigenvalue weighted by Gasteiger charge is 2.22. The zero-order chi connectivity index (χ0) is 46.7. The molecule has 0 unspecified atom stereocenters. The quantitative estimate of drug-likeness (QED) is 0.144. The predicted octanol–water partition coefficient (Wildman–Crippen LogP) is 17.6. The van der Waals surface area contributed by atoms with Crippen LogP contribution < -0.4 is 9.80 Å². The second-order valence-electron chi connectivity index (χ2n) is 18.3. The van der Waals surface area contributed by atoms with Gasteiger partial charge < -0.3 is 18.9 Å². The molecule has 70 heavy (non-hydrogen) atoms. The van der Waals surface area contributed by atoms with Gasteiger partial charge in [-0.15, -0.1) is 0 Å². The fraction of sp³-hybridized carbons (Fsp3) is 0.0303. The standard InChI is InChI=1S/C66H48N4/c1-67(51-32-28-48(29-33-51)45-16-5-3-6-17-45)52-35-37-53(38-36-52)69-63-26-14-12-23-58(63)66-57(24-15-27-65(66)69)59-43-50(46-18-7-4-8-19-46)31-40-61(59)68(2)54-39-41-64-60(44-54)56-22-11-13-25-62(56)70(64)55-34-30-47-20-9-10-21-49(47)42-55/h3-44H,1-2H3. The van der Waals surface area contributed by atoms with E-state index in [4.69, 9.17) is 0 Å². The van der Waals surface area contributed by atoms with Crippen LogP contribution in [0.15, 0.2) is 255 Å². The van der Waals surface area contributed by atoms with Gasteiger partial charge >= 0.3 is 0 Å². The molecule has 0 radical (unpaired) electrons. The molecular formula is C66H48N4. The summed E-state index contributed by atoms with van der Waals surface area (Å²) in [6.07, 6.45) is 0. The largest absolute Gasteiger partial charge is 0.345 e. The van der Waals surface area contributed by atoms with Gasteiger partial charge in [0.1, 0.15) is 0 Å². The topological polar surface area (TPSA) is 16.3 Å². The molecule has 11 aromatic carbocycles. The number of fused-ring (bicyclic) bond motifs is 7. The van der Waals surface area contributed by atoms with E-state index in [1.165, 1.54) is 82.2 Å². The zero-order valence-electron chi connectivity index (χ0n) is 39.0. The zero-order valence-corrected chi connectivity index (χ0v) is 39.0. The van der Waals surface area contributed by atoms with Gasteiger partial charge in [-0.2, -0.15) is 0 Å². The summed E-state index contributed by atoms with van der Waals surface area (Å²) < 4.78 is 4.84. The molecule has 4 heteroatoms. The molecular weight excluding hydrogens is 849 g/mol. The molecule has 0 saturated heterocycles. The molecule has 332 valence electrons. The van der Waals surface area contributed by atoms with Crippen LogP contribution in [0.3, 0.4) is 0 Å². The summed E-state index contributed by atoms with van der Waals surface area (Å²) in [7, 11) is 4.35. The maximum absolute atomic E-state index is 2.43. The van der Waals surface area contributed by atoms with Crippen LogP contribution in [-0.4, -0.2) is 23.2 Å². The van der Waals surface area contributed by atoms with E-state index in [1.54, 1.807) is 0 Å². The Bertz CT molecular complexity index is 4070. The number of rotatable bonds is 9. The Morgan fingerprint density at radius 2 is 0.814 bits per heavy atom. The van der Waals surface area contributed by atoms with Crippen molar-refractivity contribution in [2.75, 3.05) is 23.9 Å². The van der Waals surface area contributed by atoms with E-state index in [-0.39, 0.29) is 0 Å². The first-order chi connectivity index (χ1) is 34.6. The maximum atomic E-state index is 2.43. The first kappa shape index (κ1) is 41.1. The molecule has 2 heterocycles. The second kappa shape index (κ2) is 16.9. The summed E-state index contributed by atoms with van der Waals surface area (Å²) in [4.78, 5) is 4.62. The number of benzene rings is 11. The number of hydrogen-bond acceptors (Lipinski definition) is 2. The Hall–Kier alpha value is -9.12. The van der Waals surface area contributed by atoms with Crippen molar-refractivity contribution in [3.05, 3.63) is 255 Å². The number of anilines is 4. The summed E-state index contributed by atoms with van der Waals surface area (Å²) in [6, 6.07) is 92.8. The van der Waals surface area contributed by atoms with Gasteiger partial charge in [0.15, 0.2) is 0 Å². The molecule has 0 N–H and O–H groups in total. The van der Waals surface area contributed by atoms with Crippen molar-refractivity contribution < 1.29 is 0 Å². The number of nitrogens with zero attached hydrogens (tertiary/aromatic N) is 4. The number of hydrogen-bond donors (Lipinski definition) is 0. The third-order valence-electron chi connectivity index (χ3n) is 14.3. The summed E-state index contributed by atoms with van der Waals surface area (Å²) >= 11 is 0. The smallest absolute Gasteiger partial charge is 0.0547 e. The van der Waals surface area contributed by atoms with E-state index < -0.39 is 0 Å². The van der Waals surface area contributed by atoms with Crippen molar-refractivity contribution in [3.63, 3.8) is 0 Å². The SMILES string of the molecule is CN(c1ccc(-c2ccccc2)cc1)c1ccc(-n2c3ccccc3c3c(-c4cc(-c5ccccc5)ccc4N(C)c4ccc5c(c4)c4ccccc4n5-c4ccc5ccccc5c4)cccc32)cc1. The Morgan fingerprint density at radius 1 is 0.286 bits per heavy atom. The summed E-state index contributed by atoms with van der Waals surface area (Å²) in [5.74, 6) is 0. The fourth-order valence-electron chi connectivity index (χ4n) is 10.8. The van der Waals surface area contributed by atoms with E-state index in [2.05, 4.69) is 288 Å². The van der Waals surface area contributed by atoms with Crippen LogP contribution >= 0.6 is 0 Å². The van der Waals surface area contributed by atoms with Crippen LogP contribution in [-0.2, 0) is 0 Å². The normalized spacial score (nSPS) is 11.6. The Kier molecular flexibility index (Phi) is 9.91. The third kappa shape index (κ3) is 6.92. The molecule has 0 fully saturated rings. The average Bonchev–Trinajstić information content (AvgIpc) is 3.96. The van der Waals surface area contributed by atoms with E-state index in [9.17, 15) is 0 Å². The molecule has 0 aliphatic carbocycles. The van der Waals surface area contributed by atoms with Crippen molar-refractivity contribution in [2.24, 2.45) is 0 Å². The van der Waals surface area contributed by atoms with Gasteiger partial charge in [0.2, 0.25) is 0 Å². The summed E-state index contributed by atoms with van der Waals surface area (Å²) in [6.45, 7) is 0. The minimum absolute atomic E-state index is 1.12. The molecule has 13 rings (SSSR count). The highest BCUT2D eigenvalue weighted by atomic mass is 15.1. The average molecular weight is 897 g/mol. The second-order valence-corrected chi connectivity index (χ2v) is 18.3. The van der Waals surface area contributed by atoms with E-state index in [0.717, 1.165) is 39.6 Å². The van der Waals surface area contributed by atoms with Gasteiger partial charge in [-0.25, -0.2) is 0 Å². The van der Waals surface area contributed by atoms with Gasteiger partial charge in [0, 0.05) is 75.3 Å². The molecule has 2 aromatic heterocycles. The van der Waals surface area contributed by atoms with Crippen LogP contribution in [0.5, 0.6) is 0 Å². The van der Waals surface area contributed by atoms with Crippen molar-refractivity contribution in [2.45, 2.75) is 0 Å². The van der Waals surface area contributed by atoms with Crippen molar-refractivity contribution in [3.8, 4) is 44.8 Å². The molecule has 0 saturated carbocycles. The number of aromatic nitrogens is 2. The predicted molar refractivity (Wildman–Crippen MR) is 298 cm³/mol. The highest BCUT2D eigenvalue weighted by molar-refractivity contribution is 6.17. The Balaban J connectivity index is 0.925. The lowest BCUT2D eigenvalue weighted by Gasteiger charge is -2.24. The monoisotopic (exact) mass is 896 g/mol. The minimum Gasteiger partial charge on any atom is -0.345 e. The Morgan fingerprint density at radius 3 is 1.56 bits per heavy atom. The summed E-state index contributed by atoms with van der Waals surface area (Å²) in [5.41, 5.74) is 18.7. The van der Waals surface area contributed by atoms with E-state index in [0.29, 0.717) is 0 Å². The van der Waals surface area contributed by atoms with Gasteiger partial charge in [0.25, 0.3) is 0 Å². The lowest BCUT2D eigenvalue weighted by molar-refractivity contribution is 1.16. The fourth-order valence-corrected chi connectivity index (χ4v) is 10.8. The van der Waals surface area contributed by atoms with Gasteiger partial charge in [-0.3, -0.25) is 0 Å². The maximum Gasteiger partial charge on any atom is 0.0547 e. The van der Waals surface area contributed by atoms with Gasteiger partial charge in [-0.1, -0.05) is 158 Å². The molecule has 4 nitrogen and oxygen atoms in total. The summed E-state index contributed by atoms with van der Waals surface area (Å²) in [5, 5.41) is 7.37. The highest BCUT2D eigenvalue weighted by Crippen LogP contribution is 2.45. The van der Waals surface area contributed by atoms with Crippen LogP contribution in [0, 0.1) is 0 Å². The molecule has 13 aromatic rings. The first-order valence-electron chi connectivity index (χ1n) is 24.0. The first-order valence-corrected chi connectivity index (χ1v) is 24.0. The molecule has 0 aliphatic heterocycles. The molecule has 0 aliphatic rings. The van der Waals surface area contributed by atoms with Crippen molar-refractivity contribution in [1.29, 1.82) is 0 Å². The van der Waals surface area contributed by atoms with Gasteiger partial charge in [0.05, 0.1) is 22.1 Å². The number of para-hydroxylation sites is 2. The molecule has 0 atom stereocenters. The van der Waals surface area contributed by atoms with Crippen molar-refractivity contribution in [1.82, 2.24) is 9.13 Å². The molecule has 0 spiro atoms. The third-order valence-corrected chi connectivity index (χ3v) is 14.3. The van der Waals surface area contributed by atoms with Crippen LogP contribution in [0.1, 0.15) is 0 Å². The Labute approximate surface area is 407 Å². The van der Waals surface area contributed by atoms with E-state index in [1.807, 2.05) is 0 Å². The lowest BCUT2D eigenvalue weighted by atomic mass is 9.93. The van der Waals surface area contributed by atoms with E-state index >= 15 is 0 Å². The van der Waals surface area contributed by atoms with Crippen LogP contribution in [0.25, 0.3) is 99.1 Å². The molecule has 0 amide bonds. The van der Waals surface area contributed by atoms with Crippen LogP contribution in [0.4, 0.5) is 22.7 Å². The minimum atomic E-state index is 1.12. The molecule has 0 bridgehead atoms. The van der Waals surface area contributed by atoms with Gasteiger partial charge in [-0.05, 0) is 136 Å². The van der Waals surface area contributed by atoms with Crippen LogP contribution in [0.2, 0.25) is 0 Å².